The molecule has 1 aromatic heterocycles. The third-order valence-corrected chi connectivity index (χ3v) is 2.08. The van der Waals surface area contributed by atoms with Gasteiger partial charge in [0.15, 0.2) is 6.29 Å². The number of nitrogens with one attached hydrogen (secondary N) is 1. The lowest BCUT2D eigenvalue weighted by atomic mass is 10.1. The molecule has 0 fully saturated rings. The molecule has 0 radical (unpaired) electrons. The highest BCUT2D eigenvalue weighted by molar-refractivity contribution is 5.81. The molecule has 1 N–H and O–H groups in total. The van der Waals surface area contributed by atoms with Crippen molar-refractivity contribution in [2.45, 2.75) is 13.3 Å². The van der Waals surface area contributed by atoms with Crippen LogP contribution in [-0.2, 0) is 4.79 Å². The second kappa shape index (κ2) is 6.52. The molecule has 4 nitrogen and oxygen atoms in total. The summed E-state index contributed by atoms with van der Waals surface area (Å²) in [5, 5.41) is 2.63. The van der Waals surface area contributed by atoms with Gasteiger partial charge in [-0.25, -0.2) is 4.98 Å². The second-order valence-corrected chi connectivity index (χ2v) is 3.40. The molecular formula is C12H13FN2O2. The summed E-state index contributed by atoms with van der Waals surface area (Å²) in [6, 6.07) is 1.56. The summed E-state index contributed by atoms with van der Waals surface area (Å²) in [5.74, 6) is -0.869. The van der Waals surface area contributed by atoms with E-state index in [1.807, 2.05) is 0 Å². The van der Waals surface area contributed by atoms with Crippen molar-refractivity contribution in [2.24, 2.45) is 0 Å². The van der Waals surface area contributed by atoms with Crippen molar-refractivity contribution in [1.29, 1.82) is 0 Å². The molecule has 0 aromatic carbocycles. The molecule has 0 spiro atoms. The molecule has 5 heteroatoms. The molecule has 0 saturated heterocycles. The monoisotopic (exact) mass is 236 g/mol. The maximum atomic E-state index is 13.1. The van der Waals surface area contributed by atoms with Gasteiger partial charge in [-0.05, 0) is 18.1 Å². The molecule has 0 aliphatic carbocycles. The third kappa shape index (κ3) is 4.14. The fourth-order valence-corrected chi connectivity index (χ4v) is 1.27. The molecule has 0 atom stereocenters. The Kier molecular flexibility index (Phi) is 5.00. The summed E-state index contributed by atoms with van der Waals surface area (Å²) in [6.07, 6.45) is 5.75. The highest BCUT2D eigenvalue weighted by atomic mass is 19.1. The number of hydrogen-bond acceptors (Lipinski definition) is 3. The zero-order chi connectivity index (χ0) is 12.7. The van der Waals surface area contributed by atoms with Gasteiger partial charge in [0.1, 0.15) is 0 Å². The number of hydrogen-bond donors (Lipinski definition) is 1. The lowest BCUT2D eigenvalue weighted by Gasteiger charge is -2.00. The van der Waals surface area contributed by atoms with E-state index in [9.17, 15) is 14.0 Å². The molecule has 1 heterocycles. The Balaban J connectivity index is 2.62. The second-order valence-electron chi connectivity index (χ2n) is 3.40. The number of aldehydes is 1. The summed E-state index contributed by atoms with van der Waals surface area (Å²) < 4.78 is 13.1. The van der Waals surface area contributed by atoms with Gasteiger partial charge in [-0.1, -0.05) is 12.2 Å². The number of halogens is 1. The summed E-state index contributed by atoms with van der Waals surface area (Å²) in [7, 11) is 0. The standard InChI is InChI=1S/C12H13FN2O2/c1-9(17)14-6-3-2-4-10-5-7-15-12(13)11(10)8-16/h2,4-5,7-8H,3,6H2,1H3,(H,14,17). The van der Waals surface area contributed by atoms with Gasteiger partial charge in [-0.3, -0.25) is 9.59 Å². The van der Waals surface area contributed by atoms with Crippen LogP contribution in [0.25, 0.3) is 6.08 Å². The van der Waals surface area contributed by atoms with Crippen LogP contribution in [0.5, 0.6) is 0 Å². The Morgan fingerprint density at radius 2 is 2.35 bits per heavy atom. The summed E-state index contributed by atoms with van der Waals surface area (Å²) in [5.41, 5.74) is 0.429. The van der Waals surface area contributed by atoms with Crippen LogP contribution in [0.2, 0.25) is 0 Å². The van der Waals surface area contributed by atoms with Crippen LogP contribution in [0.1, 0.15) is 29.3 Å². The van der Waals surface area contributed by atoms with Gasteiger partial charge < -0.3 is 5.32 Å². The maximum absolute atomic E-state index is 13.1. The van der Waals surface area contributed by atoms with Gasteiger partial charge in [0.2, 0.25) is 11.9 Å². The minimum absolute atomic E-state index is 0.0525. The quantitative estimate of drug-likeness (QED) is 0.479. The maximum Gasteiger partial charge on any atom is 0.224 e. The average molecular weight is 236 g/mol. The predicted octanol–water partition coefficient (Wildman–Crippen LogP) is 1.57. The minimum Gasteiger partial charge on any atom is -0.356 e. The number of nitrogens with zero attached hydrogens (tertiary/aromatic N) is 1. The summed E-state index contributed by atoms with van der Waals surface area (Å²) in [6.45, 7) is 1.95. The third-order valence-electron chi connectivity index (χ3n) is 2.08. The van der Waals surface area contributed by atoms with Crippen LogP contribution >= 0.6 is 0 Å². The van der Waals surface area contributed by atoms with Crippen LogP contribution in [0, 0.1) is 5.95 Å². The smallest absolute Gasteiger partial charge is 0.224 e. The molecule has 1 rings (SSSR count). The molecule has 0 saturated carbocycles. The zero-order valence-electron chi connectivity index (χ0n) is 9.44. The minimum atomic E-state index is -0.774. The molecule has 0 aliphatic rings. The first-order valence-corrected chi connectivity index (χ1v) is 5.16. The molecule has 1 amide bonds. The number of carbonyl (C=O) groups excluding carboxylic acids is 2. The molecule has 1 aromatic rings. The van der Waals surface area contributed by atoms with E-state index in [4.69, 9.17) is 0 Å². The first kappa shape index (κ1) is 13.0. The van der Waals surface area contributed by atoms with E-state index < -0.39 is 5.95 Å². The van der Waals surface area contributed by atoms with Crippen LogP contribution in [0.15, 0.2) is 18.3 Å². The normalized spacial score (nSPS) is 10.5. The molecule has 17 heavy (non-hydrogen) atoms. The summed E-state index contributed by atoms with van der Waals surface area (Å²) in [4.78, 5) is 24.6. The lowest BCUT2D eigenvalue weighted by molar-refractivity contribution is -0.118. The fraction of sp³-hybridized carbons (Fsp3) is 0.250. The van der Waals surface area contributed by atoms with E-state index in [0.29, 0.717) is 24.8 Å². The number of amides is 1. The number of carbonyl (C=O) groups is 2. The van der Waals surface area contributed by atoms with Crippen molar-refractivity contribution in [2.75, 3.05) is 6.54 Å². The van der Waals surface area contributed by atoms with Gasteiger partial charge in [0, 0.05) is 19.7 Å². The van der Waals surface area contributed by atoms with E-state index in [0.717, 1.165) is 0 Å². The number of aromatic nitrogens is 1. The lowest BCUT2D eigenvalue weighted by Crippen LogP contribution is -2.20. The molecule has 0 bridgehead atoms. The topological polar surface area (TPSA) is 59.1 Å². The van der Waals surface area contributed by atoms with Crippen LogP contribution in [0.3, 0.4) is 0 Å². The summed E-state index contributed by atoms with van der Waals surface area (Å²) >= 11 is 0. The van der Waals surface area contributed by atoms with Gasteiger partial charge in [-0.15, -0.1) is 0 Å². The van der Waals surface area contributed by atoms with Gasteiger partial charge in [0.05, 0.1) is 5.56 Å². The Labute approximate surface area is 98.6 Å². The van der Waals surface area contributed by atoms with Gasteiger partial charge in [-0.2, -0.15) is 4.39 Å². The molecule has 90 valence electrons. The highest BCUT2D eigenvalue weighted by Gasteiger charge is 2.05. The first-order chi connectivity index (χ1) is 8.15. The Bertz CT molecular complexity index is 444. The van der Waals surface area contributed by atoms with Crippen molar-refractivity contribution >= 4 is 18.3 Å². The molecule has 0 unspecified atom stereocenters. The number of rotatable bonds is 5. The average Bonchev–Trinajstić information content (AvgIpc) is 2.28. The van der Waals surface area contributed by atoms with E-state index >= 15 is 0 Å². The van der Waals surface area contributed by atoms with E-state index in [1.54, 1.807) is 18.2 Å². The van der Waals surface area contributed by atoms with Crippen molar-refractivity contribution < 1.29 is 14.0 Å². The Morgan fingerprint density at radius 1 is 1.59 bits per heavy atom. The highest BCUT2D eigenvalue weighted by Crippen LogP contribution is 2.10. The molecular weight excluding hydrogens is 223 g/mol. The zero-order valence-corrected chi connectivity index (χ0v) is 9.44. The predicted molar refractivity (Wildman–Crippen MR) is 61.9 cm³/mol. The first-order valence-electron chi connectivity index (χ1n) is 5.16. The van der Waals surface area contributed by atoms with Crippen molar-refractivity contribution in [3.8, 4) is 0 Å². The number of pyridine rings is 1. The largest absolute Gasteiger partial charge is 0.356 e. The van der Waals surface area contributed by atoms with E-state index in [-0.39, 0.29) is 11.5 Å². The van der Waals surface area contributed by atoms with Crippen molar-refractivity contribution in [3.63, 3.8) is 0 Å². The van der Waals surface area contributed by atoms with Gasteiger partial charge in [0.25, 0.3) is 0 Å². The fourth-order valence-electron chi connectivity index (χ4n) is 1.27. The SMILES string of the molecule is CC(=O)NCCC=Cc1ccnc(F)c1C=O. The van der Waals surface area contributed by atoms with Crippen molar-refractivity contribution in [3.05, 3.63) is 35.4 Å². The Morgan fingerprint density at radius 3 is 3.00 bits per heavy atom. The van der Waals surface area contributed by atoms with Crippen molar-refractivity contribution in [1.82, 2.24) is 10.3 Å². The van der Waals surface area contributed by atoms with E-state index in [2.05, 4.69) is 10.3 Å². The Hall–Kier alpha value is -2.04. The van der Waals surface area contributed by atoms with E-state index in [1.165, 1.54) is 13.1 Å². The van der Waals surface area contributed by atoms with Crippen LogP contribution < -0.4 is 5.32 Å². The van der Waals surface area contributed by atoms with Gasteiger partial charge >= 0.3 is 0 Å². The van der Waals surface area contributed by atoms with Crippen LogP contribution in [0.4, 0.5) is 4.39 Å². The van der Waals surface area contributed by atoms with Crippen LogP contribution in [-0.4, -0.2) is 23.7 Å². The molecule has 0 aliphatic heterocycles.